The summed E-state index contributed by atoms with van der Waals surface area (Å²) in [6.07, 6.45) is 3.42. The standard InChI is InChI=1S/C17H14N2O2/c1-11-4-2-6-13(16(11)20)17(21)19-15-7-3-5-12-8-9-18-10-14(12)15/h2-10,20H,1H3,(H,19,21). The normalized spacial score (nSPS) is 10.5. The third-order valence-electron chi connectivity index (χ3n) is 3.41. The Kier molecular flexibility index (Phi) is 3.28. The van der Waals surface area contributed by atoms with E-state index in [0.717, 1.165) is 10.8 Å². The molecule has 0 aliphatic rings. The number of amides is 1. The Morgan fingerprint density at radius 1 is 1.14 bits per heavy atom. The molecule has 0 fully saturated rings. The van der Waals surface area contributed by atoms with Gasteiger partial charge in [-0.15, -0.1) is 0 Å². The zero-order chi connectivity index (χ0) is 14.8. The molecule has 0 aliphatic carbocycles. The van der Waals surface area contributed by atoms with Gasteiger partial charge in [-0.2, -0.15) is 0 Å². The van der Waals surface area contributed by atoms with Crippen LogP contribution in [0.2, 0.25) is 0 Å². The van der Waals surface area contributed by atoms with E-state index in [2.05, 4.69) is 10.3 Å². The second kappa shape index (κ2) is 5.25. The molecule has 0 saturated heterocycles. The average molecular weight is 278 g/mol. The highest BCUT2D eigenvalue weighted by atomic mass is 16.3. The van der Waals surface area contributed by atoms with Crippen molar-refractivity contribution < 1.29 is 9.90 Å². The minimum atomic E-state index is -0.340. The number of aryl methyl sites for hydroxylation is 1. The number of carbonyl (C=O) groups is 1. The number of pyridine rings is 1. The summed E-state index contributed by atoms with van der Waals surface area (Å²) < 4.78 is 0. The Hall–Kier alpha value is -2.88. The maximum absolute atomic E-state index is 12.3. The van der Waals surface area contributed by atoms with Gasteiger partial charge in [-0.05, 0) is 36.1 Å². The van der Waals surface area contributed by atoms with Crippen LogP contribution >= 0.6 is 0 Å². The molecule has 4 heteroatoms. The maximum atomic E-state index is 12.3. The highest BCUT2D eigenvalue weighted by Crippen LogP contribution is 2.25. The Labute approximate surface area is 122 Å². The van der Waals surface area contributed by atoms with Crippen molar-refractivity contribution >= 4 is 22.4 Å². The Morgan fingerprint density at radius 2 is 1.95 bits per heavy atom. The maximum Gasteiger partial charge on any atom is 0.259 e. The summed E-state index contributed by atoms with van der Waals surface area (Å²) in [5, 5.41) is 14.7. The van der Waals surface area contributed by atoms with Crippen LogP contribution in [0, 0.1) is 6.92 Å². The lowest BCUT2D eigenvalue weighted by atomic mass is 10.1. The second-order valence-corrected chi connectivity index (χ2v) is 4.83. The summed E-state index contributed by atoms with van der Waals surface area (Å²) in [6, 6.07) is 12.6. The van der Waals surface area contributed by atoms with E-state index in [4.69, 9.17) is 0 Å². The van der Waals surface area contributed by atoms with E-state index < -0.39 is 0 Å². The number of carbonyl (C=O) groups excluding carboxylic acids is 1. The molecular formula is C17H14N2O2. The zero-order valence-electron chi connectivity index (χ0n) is 11.5. The molecule has 0 radical (unpaired) electrons. The molecule has 0 atom stereocenters. The van der Waals surface area contributed by atoms with Crippen molar-refractivity contribution in [1.29, 1.82) is 0 Å². The Morgan fingerprint density at radius 3 is 2.81 bits per heavy atom. The van der Waals surface area contributed by atoms with Gasteiger partial charge in [-0.25, -0.2) is 0 Å². The molecule has 4 nitrogen and oxygen atoms in total. The fourth-order valence-corrected chi connectivity index (χ4v) is 2.25. The third kappa shape index (κ3) is 2.43. The number of phenols is 1. The number of nitrogens with zero attached hydrogens (tertiary/aromatic N) is 1. The van der Waals surface area contributed by atoms with Crippen molar-refractivity contribution in [2.24, 2.45) is 0 Å². The average Bonchev–Trinajstić information content (AvgIpc) is 2.50. The molecular weight excluding hydrogens is 264 g/mol. The highest BCUT2D eigenvalue weighted by Gasteiger charge is 2.13. The summed E-state index contributed by atoms with van der Waals surface area (Å²) in [5.41, 5.74) is 1.60. The number of hydrogen-bond donors (Lipinski definition) is 2. The molecule has 0 bridgehead atoms. The number of benzene rings is 2. The number of nitrogens with one attached hydrogen (secondary N) is 1. The molecule has 3 aromatic rings. The van der Waals surface area contributed by atoms with E-state index in [1.807, 2.05) is 24.3 Å². The summed E-state index contributed by atoms with van der Waals surface area (Å²) in [6.45, 7) is 1.76. The van der Waals surface area contributed by atoms with Gasteiger partial charge in [0.25, 0.3) is 5.91 Å². The molecule has 1 heterocycles. The van der Waals surface area contributed by atoms with Crippen LogP contribution in [0.25, 0.3) is 10.8 Å². The van der Waals surface area contributed by atoms with Crippen LogP contribution in [0.4, 0.5) is 5.69 Å². The molecule has 1 aromatic heterocycles. The van der Waals surface area contributed by atoms with Crippen molar-refractivity contribution in [3.05, 3.63) is 66.0 Å². The molecule has 104 valence electrons. The predicted octanol–water partition coefficient (Wildman–Crippen LogP) is 3.50. The van der Waals surface area contributed by atoms with Gasteiger partial charge < -0.3 is 10.4 Å². The fraction of sp³-hybridized carbons (Fsp3) is 0.0588. The van der Waals surface area contributed by atoms with Gasteiger partial charge >= 0.3 is 0 Å². The molecule has 2 N–H and O–H groups in total. The number of rotatable bonds is 2. The van der Waals surface area contributed by atoms with E-state index in [1.165, 1.54) is 0 Å². The quantitative estimate of drug-likeness (QED) is 0.754. The number of aromatic nitrogens is 1. The highest BCUT2D eigenvalue weighted by molar-refractivity contribution is 6.10. The summed E-state index contributed by atoms with van der Waals surface area (Å²) in [5.74, 6) is -0.332. The molecule has 3 rings (SSSR count). The van der Waals surface area contributed by atoms with Crippen molar-refractivity contribution in [3.63, 3.8) is 0 Å². The first-order valence-electron chi connectivity index (χ1n) is 6.59. The largest absolute Gasteiger partial charge is 0.507 e. The van der Waals surface area contributed by atoms with Gasteiger partial charge in [-0.1, -0.05) is 24.3 Å². The lowest BCUT2D eigenvalue weighted by Gasteiger charge is -2.10. The number of hydrogen-bond acceptors (Lipinski definition) is 3. The van der Waals surface area contributed by atoms with Crippen molar-refractivity contribution in [1.82, 2.24) is 4.98 Å². The topological polar surface area (TPSA) is 62.2 Å². The SMILES string of the molecule is Cc1cccc(C(=O)Nc2cccc3ccncc23)c1O. The van der Waals surface area contributed by atoms with Gasteiger partial charge in [0.05, 0.1) is 11.3 Å². The van der Waals surface area contributed by atoms with E-state index >= 15 is 0 Å². The summed E-state index contributed by atoms with van der Waals surface area (Å²) in [7, 11) is 0. The number of anilines is 1. The first-order valence-corrected chi connectivity index (χ1v) is 6.59. The second-order valence-electron chi connectivity index (χ2n) is 4.83. The number of fused-ring (bicyclic) bond motifs is 1. The molecule has 0 saturated carbocycles. The van der Waals surface area contributed by atoms with Crippen LogP contribution in [0.3, 0.4) is 0 Å². The molecule has 0 aliphatic heterocycles. The summed E-state index contributed by atoms with van der Waals surface area (Å²) in [4.78, 5) is 16.4. The Balaban J connectivity index is 1.99. The lowest BCUT2D eigenvalue weighted by Crippen LogP contribution is -2.12. The van der Waals surface area contributed by atoms with Crippen molar-refractivity contribution in [2.75, 3.05) is 5.32 Å². The van der Waals surface area contributed by atoms with Crippen molar-refractivity contribution in [3.8, 4) is 5.75 Å². The van der Waals surface area contributed by atoms with Gasteiger partial charge in [0, 0.05) is 17.8 Å². The van der Waals surface area contributed by atoms with Crippen LogP contribution in [0.1, 0.15) is 15.9 Å². The first-order chi connectivity index (χ1) is 10.2. The fourth-order valence-electron chi connectivity index (χ4n) is 2.25. The zero-order valence-corrected chi connectivity index (χ0v) is 11.5. The van der Waals surface area contributed by atoms with Crippen LogP contribution in [-0.2, 0) is 0 Å². The number of aromatic hydroxyl groups is 1. The van der Waals surface area contributed by atoms with Gasteiger partial charge in [0.1, 0.15) is 5.75 Å². The summed E-state index contributed by atoms with van der Waals surface area (Å²) >= 11 is 0. The molecule has 21 heavy (non-hydrogen) atoms. The minimum Gasteiger partial charge on any atom is -0.507 e. The monoisotopic (exact) mass is 278 g/mol. The van der Waals surface area contributed by atoms with Crippen molar-refractivity contribution in [2.45, 2.75) is 6.92 Å². The van der Waals surface area contributed by atoms with Crippen LogP contribution < -0.4 is 5.32 Å². The van der Waals surface area contributed by atoms with E-state index in [9.17, 15) is 9.90 Å². The van der Waals surface area contributed by atoms with Gasteiger partial charge in [0.2, 0.25) is 0 Å². The van der Waals surface area contributed by atoms with Gasteiger partial charge in [-0.3, -0.25) is 9.78 Å². The minimum absolute atomic E-state index is 0.00774. The van der Waals surface area contributed by atoms with E-state index in [1.54, 1.807) is 37.5 Å². The predicted molar refractivity (Wildman–Crippen MR) is 82.5 cm³/mol. The smallest absolute Gasteiger partial charge is 0.259 e. The Bertz CT molecular complexity index is 823. The van der Waals surface area contributed by atoms with Crippen LogP contribution in [-0.4, -0.2) is 16.0 Å². The third-order valence-corrected chi connectivity index (χ3v) is 3.41. The van der Waals surface area contributed by atoms with Crippen LogP contribution in [0.15, 0.2) is 54.9 Å². The van der Waals surface area contributed by atoms with E-state index in [0.29, 0.717) is 11.3 Å². The molecule has 1 amide bonds. The van der Waals surface area contributed by atoms with Gasteiger partial charge in [0.15, 0.2) is 0 Å². The molecule has 0 unspecified atom stereocenters. The lowest BCUT2D eigenvalue weighted by molar-refractivity contribution is 0.102. The number of phenolic OH excluding ortho intramolecular Hbond substituents is 1. The van der Waals surface area contributed by atoms with Crippen LogP contribution in [0.5, 0.6) is 5.75 Å². The first kappa shape index (κ1) is 13.1. The number of para-hydroxylation sites is 1. The molecule has 0 spiro atoms. The van der Waals surface area contributed by atoms with E-state index in [-0.39, 0.29) is 17.2 Å². The molecule has 2 aromatic carbocycles.